The molecule has 0 bridgehead atoms. The molecule has 0 aliphatic carbocycles. The summed E-state index contributed by atoms with van der Waals surface area (Å²) < 4.78 is 14.2. The zero-order valence-electron chi connectivity index (χ0n) is 9.77. The number of amides is 1. The van der Waals surface area contributed by atoms with Crippen LogP contribution >= 0.6 is 28.3 Å². The number of carbonyl (C=O) groups excluding carboxylic acids is 1. The summed E-state index contributed by atoms with van der Waals surface area (Å²) in [6.07, 6.45) is 3.07. The molecule has 1 aromatic carbocycles. The first kappa shape index (κ1) is 15.6. The molecular weight excluding hydrogens is 335 g/mol. The molecule has 19 heavy (non-hydrogen) atoms. The van der Waals surface area contributed by atoms with E-state index in [1.165, 1.54) is 18.5 Å². The van der Waals surface area contributed by atoms with E-state index in [1.807, 2.05) is 0 Å². The van der Waals surface area contributed by atoms with E-state index < -0.39 is 0 Å². The second-order valence-electron chi connectivity index (χ2n) is 3.65. The Balaban J connectivity index is 0.00000180. The molecule has 0 radical (unpaired) electrons. The molecule has 0 fully saturated rings. The average Bonchev–Trinajstić information content (AvgIpc) is 2.40. The minimum atomic E-state index is -0.340. The number of halogens is 3. The van der Waals surface area contributed by atoms with E-state index >= 15 is 0 Å². The zero-order chi connectivity index (χ0) is 13.0. The van der Waals surface area contributed by atoms with Crippen LogP contribution in [-0.4, -0.2) is 10.9 Å². The lowest BCUT2D eigenvalue weighted by atomic mass is 10.2. The number of rotatable bonds is 3. The minimum Gasteiger partial charge on any atom is -0.348 e. The van der Waals surface area contributed by atoms with E-state index in [-0.39, 0.29) is 30.7 Å². The van der Waals surface area contributed by atoms with Gasteiger partial charge in [0.1, 0.15) is 5.82 Å². The van der Waals surface area contributed by atoms with Crippen molar-refractivity contribution in [3.05, 3.63) is 64.1 Å². The maximum Gasteiger partial charge on any atom is 0.251 e. The van der Waals surface area contributed by atoms with Crippen LogP contribution in [0.1, 0.15) is 15.9 Å². The highest BCUT2D eigenvalue weighted by Gasteiger charge is 2.07. The Bertz CT molecular complexity index is 566. The highest BCUT2D eigenvalue weighted by molar-refractivity contribution is 9.10. The molecule has 2 aromatic rings. The molecule has 0 atom stereocenters. The fourth-order valence-electron chi connectivity index (χ4n) is 1.46. The Hall–Kier alpha value is -1.46. The normalized spacial score (nSPS) is 9.58. The third kappa shape index (κ3) is 4.29. The lowest BCUT2D eigenvalue weighted by molar-refractivity contribution is 0.0950. The number of nitrogens with zero attached hydrogens (tertiary/aromatic N) is 1. The Kier molecular flexibility index (Phi) is 5.92. The summed E-state index contributed by atoms with van der Waals surface area (Å²) in [4.78, 5) is 15.6. The number of aromatic nitrogens is 1. The molecule has 2 rings (SSSR count). The molecule has 100 valence electrons. The van der Waals surface area contributed by atoms with Gasteiger partial charge < -0.3 is 5.32 Å². The van der Waals surface area contributed by atoms with Crippen LogP contribution in [0, 0.1) is 5.82 Å². The summed E-state index contributed by atoms with van der Waals surface area (Å²) in [5.41, 5.74) is 0.937. The summed E-state index contributed by atoms with van der Waals surface area (Å²) in [5, 5.41) is 2.66. The van der Waals surface area contributed by atoms with E-state index in [0.29, 0.717) is 11.1 Å². The van der Waals surface area contributed by atoms with Gasteiger partial charge in [0.05, 0.1) is 0 Å². The molecule has 3 nitrogen and oxygen atoms in total. The number of hydrogen-bond acceptors (Lipinski definition) is 2. The molecule has 6 heteroatoms. The first-order chi connectivity index (χ1) is 8.66. The van der Waals surface area contributed by atoms with Crippen molar-refractivity contribution in [2.24, 2.45) is 0 Å². The SMILES string of the molecule is Cl.O=C(NCc1cc(Br)ccc1F)c1ccncc1. The van der Waals surface area contributed by atoms with Gasteiger partial charge in [0.25, 0.3) is 5.91 Å². The van der Waals surface area contributed by atoms with Gasteiger partial charge in [-0.3, -0.25) is 9.78 Å². The molecule has 0 saturated heterocycles. The van der Waals surface area contributed by atoms with E-state index in [2.05, 4.69) is 26.2 Å². The summed E-state index contributed by atoms with van der Waals surface area (Å²) in [6, 6.07) is 7.82. The number of pyridine rings is 1. The summed E-state index contributed by atoms with van der Waals surface area (Å²) in [5.74, 6) is -0.593. The third-order valence-electron chi connectivity index (χ3n) is 2.39. The van der Waals surface area contributed by atoms with Gasteiger partial charge in [0.15, 0.2) is 0 Å². The topological polar surface area (TPSA) is 42.0 Å². The molecule has 0 unspecified atom stereocenters. The van der Waals surface area contributed by atoms with Crippen molar-refractivity contribution in [3.63, 3.8) is 0 Å². The molecular formula is C13H11BrClFN2O. The average molecular weight is 346 g/mol. The van der Waals surface area contributed by atoms with Gasteiger partial charge >= 0.3 is 0 Å². The van der Waals surface area contributed by atoms with Crippen molar-refractivity contribution in [2.75, 3.05) is 0 Å². The van der Waals surface area contributed by atoms with Gasteiger partial charge in [0, 0.05) is 34.5 Å². The van der Waals surface area contributed by atoms with E-state index in [1.54, 1.807) is 24.3 Å². The Morgan fingerprint density at radius 3 is 2.63 bits per heavy atom. The predicted molar refractivity (Wildman–Crippen MR) is 76.8 cm³/mol. The van der Waals surface area contributed by atoms with Gasteiger partial charge in [-0.2, -0.15) is 0 Å². The monoisotopic (exact) mass is 344 g/mol. The second kappa shape index (κ2) is 7.21. The van der Waals surface area contributed by atoms with Crippen molar-refractivity contribution in [1.29, 1.82) is 0 Å². The number of benzene rings is 1. The summed E-state index contributed by atoms with van der Waals surface area (Å²) in [7, 11) is 0. The van der Waals surface area contributed by atoms with Crippen LogP contribution in [0.4, 0.5) is 4.39 Å². The van der Waals surface area contributed by atoms with Crippen LogP contribution in [0.3, 0.4) is 0 Å². The molecule has 0 aliphatic rings. The zero-order valence-corrected chi connectivity index (χ0v) is 12.2. The molecule has 0 aliphatic heterocycles. The van der Waals surface area contributed by atoms with Crippen LogP contribution in [0.2, 0.25) is 0 Å². The first-order valence-electron chi connectivity index (χ1n) is 5.29. The van der Waals surface area contributed by atoms with Crippen LogP contribution < -0.4 is 5.32 Å². The number of hydrogen-bond donors (Lipinski definition) is 1. The number of carbonyl (C=O) groups is 1. The van der Waals surface area contributed by atoms with Crippen LogP contribution in [0.5, 0.6) is 0 Å². The lowest BCUT2D eigenvalue weighted by Crippen LogP contribution is -2.23. The fourth-order valence-corrected chi connectivity index (χ4v) is 1.87. The first-order valence-corrected chi connectivity index (χ1v) is 6.08. The lowest BCUT2D eigenvalue weighted by Gasteiger charge is -2.06. The quantitative estimate of drug-likeness (QED) is 0.927. The third-order valence-corrected chi connectivity index (χ3v) is 2.88. The van der Waals surface area contributed by atoms with E-state index in [0.717, 1.165) is 4.47 Å². The Morgan fingerprint density at radius 1 is 1.26 bits per heavy atom. The molecule has 0 saturated carbocycles. The second-order valence-corrected chi connectivity index (χ2v) is 4.57. The van der Waals surface area contributed by atoms with Gasteiger partial charge in [-0.05, 0) is 30.3 Å². The van der Waals surface area contributed by atoms with E-state index in [4.69, 9.17) is 0 Å². The van der Waals surface area contributed by atoms with Crippen molar-refractivity contribution in [1.82, 2.24) is 10.3 Å². The van der Waals surface area contributed by atoms with Crippen LogP contribution in [0.15, 0.2) is 47.2 Å². The van der Waals surface area contributed by atoms with Crippen molar-refractivity contribution in [3.8, 4) is 0 Å². The predicted octanol–water partition coefficient (Wildman–Crippen LogP) is 3.34. The summed E-state index contributed by atoms with van der Waals surface area (Å²) >= 11 is 3.26. The van der Waals surface area contributed by atoms with Crippen LogP contribution in [0.25, 0.3) is 0 Å². The largest absolute Gasteiger partial charge is 0.348 e. The van der Waals surface area contributed by atoms with Gasteiger partial charge in [0.2, 0.25) is 0 Å². The Labute approximate surface area is 124 Å². The maximum absolute atomic E-state index is 13.4. The fraction of sp³-hybridized carbons (Fsp3) is 0.0769. The van der Waals surface area contributed by atoms with Gasteiger partial charge in [-0.25, -0.2) is 4.39 Å². The van der Waals surface area contributed by atoms with E-state index in [9.17, 15) is 9.18 Å². The molecule has 1 aromatic heterocycles. The van der Waals surface area contributed by atoms with Crippen molar-refractivity contribution in [2.45, 2.75) is 6.54 Å². The Morgan fingerprint density at radius 2 is 1.95 bits per heavy atom. The molecule has 1 amide bonds. The minimum absolute atomic E-state index is 0. The van der Waals surface area contributed by atoms with Crippen molar-refractivity contribution >= 4 is 34.2 Å². The molecule has 1 N–H and O–H groups in total. The summed E-state index contributed by atoms with van der Waals surface area (Å²) in [6.45, 7) is 0.145. The smallest absolute Gasteiger partial charge is 0.251 e. The maximum atomic E-state index is 13.4. The van der Waals surface area contributed by atoms with Crippen LogP contribution in [-0.2, 0) is 6.54 Å². The number of nitrogens with one attached hydrogen (secondary N) is 1. The highest BCUT2D eigenvalue weighted by atomic mass is 79.9. The standard InChI is InChI=1S/C13H10BrFN2O.ClH/c14-11-1-2-12(15)10(7-11)8-17-13(18)9-3-5-16-6-4-9;/h1-7H,8H2,(H,17,18);1H. The van der Waals surface area contributed by atoms with Crippen molar-refractivity contribution < 1.29 is 9.18 Å². The van der Waals surface area contributed by atoms with Gasteiger partial charge in [-0.1, -0.05) is 15.9 Å². The molecule has 0 spiro atoms. The highest BCUT2D eigenvalue weighted by Crippen LogP contribution is 2.15. The van der Waals surface area contributed by atoms with Gasteiger partial charge in [-0.15, -0.1) is 12.4 Å². The molecule has 1 heterocycles.